The first-order valence-corrected chi connectivity index (χ1v) is 7.29. The van der Waals surface area contributed by atoms with Crippen LogP contribution >= 0.6 is 11.6 Å². The monoisotopic (exact) mass is 328 g/mol. The third kappa shape index (κ3) is 3.56. The third-order valence-corrected chi connectivity index (χ3v) is 3.87. The lowest BCUT2D eigenvalue weighted by Gasteiger charge is -2.25. The number of aliphatic hydroxyl groups excluding tert-OH is 1. The number of rotatable bonds is 4. The van der Waals surface area contributed by atoms with Crippen molar-refractivity contribution in [3.63, 3.8) is 0 Å². The lowest BCUT2D eigenvalue weighted by Crippen LogP contribution is -2.49. The fourth-order valence-electron chi connectivity index (χ4n) is 2.26. The molecule has 1 fully saturated rings. The minimum Gasteiger partial charge on any atom is -0.394 e. The molecule has 1 aromatic rings. The van der Waals surface area contributed by atoms with Gasteiger partial charge >= 0.3 is 0 Å². The highest BCUT2D eigenvalue weighted by atomic mass is 35.5. The zero-order valence-corrected chi connectivity index (χ0v) is 13.2. The van der Waals surface area contributed by atoms with Crippen LogP contribution in [0.2, 0.25) is 5.02 Å². The molecule has 0 radical (unpaired) electrons. The van der Waals surface area contributed by atoms with Gasteiger partial charge in [0.15, 0.2) is 0 Å². The van der Waals surface area contributed by atoms with Gasteiger partial charge in [0.05, 0.1) is 23.1 Å². The SMILES string of the molecule is CC(C)(CO)NC(=O)C1CC(=O)N(c2ccc(Cl)c(F)c2)C1. The van der Waals surface area contributed by atoms with E-state index in [4.69, 9.17) is 11.6 Å². The number of benzene rings is 1. The van der Waals surface area contributed by atoms with Gasteiger partial charge in [-0.15, -0.1) is 0 Å². The first-order chi connectivity index (χ1) is 10.2. The summed E-state index contributed by atoms with van der Waals surface area (Å²) in [5, 5.41) is 11.9. The van der Waals surface area contributed by atoms with Crippen LogP contribution in [0, 0.1) is 11.7 Å². The highest BCUT2D eigenvalue weighted by molar-refractivity contribution is 6.30. The van der Waals surface area contributed by atoms with E-state index in [2.05, 4.69) is 5.32 Å². The molecule has 2 amide bonds. The normalized spacial score (nSPS) is 18.7. The van der Waals surface area contributed by atoms with E-state index in [-0.39, 0.29) is 36.4 Å². The highest BCUT2D eigenvalue weighted by Gasteiger charge is 2.36. The largest absolute Gasteiger partial charge is 0.394 e. The Morgan fingerprint density at radius 3 is 2.82 bits per heavy atom. The second kappa shape index (κ2) is 6.22. The molecule has 1 unspecified atom stereocenters. The van der Waals surface area contributed by atoms with E-state index in [1.807, 2.05) is 0 Å². The number of anilines is 1. The van der Waals surface area contributed by atoms with Crippen molar-refractivity contribution in [1.82, 2.24) is 5.32 Å². The Morgan fingerprint density at radius 1 is 1.55 bits per heavy atom. The molecule has 1 heterocycles. The molecule has 0 aromatic heterocycles. The van der Waals surface area contributed by atoms with E-state index in [0.29, 0.717) is 5.69 Å². The Morgan fingerprint density at radius 2 is 2.23 bits per heavy atom. The van der Waals surface area contributed by atoms with E-state index < -0.39 is 17.3 Å². The molecular weight excluding hydrogens is 311 g/mol. The van der Waals surface area contributed by atoms with Crippen LogP contribution in [-0.4, -0.2) is 35.6 Å². The first-order valence-electron chi connectivity index (χ1n) is 6.92. The zero-order chi connectivity index (χ0) is 16.5. The number of hydrogen-bond acceptors (Lipinski definition) is 3. The molecule has 5 nitrogen and oxygen atoms in total. The highest BCUT2D eigenvalue weighted by Crippen LogP contribution is 2.28. The van der Waals surface area contributed by atoms with Crippen LogP contribution in [0.25, 0.3) is 0 Å². The van der Waals surface area contributed by atoms with E-state index in [9.17, 15) is 19.1 Å². The second-order valence-electron chi connectivity index (χ2n) is 6.04. The molecule has 2 N–H and O–H groups in total. The molecular formula is C15H18ClFN2O3. The molecule has 0 aliphatic carbocycles. The summed E-state index contributed by atoms with van der Waals surface area (Å²) in [6.07, 6.45) is 0.0532. The number of carbonyl (C=O) groups is 2. The van der Waals surface area contributed by atoms with Gasteiger partial charge in [-0.05, 0) is 32.0 Å². The predicted molar refractivity (Wildman–Crippen MR) is 81.2 cm³/mol. The number of nitrogens with zero attached hydrogens (tertiary/aromatic N) is 1. The van der Waals surface area contributed by atoms with Crippen molar-refractivity contribution >= 4 is 29.1 Å². The molecule has 1 aromatic carbocycles. The van der Waals surface area contributed by atoms with Crippen molar-refractivity contribution in [2.75, 3.05) is 18.1 Å². The molecule has 120 valence electrons. The number of halogens is 2. The zero-order valence-electron chi connectivity index (χ0n) is 12.4. The summed E-state index contributed by atoms with van der Waals surface area (Å²) >= 11 is 5.63. The summed E-state index contributed by atoms with van der Waals surface area (Å²) in [4.78, 5) is 25.6. The van der Waals surface area contributed by atoms with Crippen molar-refractivity contribution < 1.29 is 19.1 Å². The number of nitrogens with one attached hydrogen (secondary N) is 1. The summed E-state index contributed by atoms with van der Waals surface area (Å²) in [6, 6.07) is 4.10. The van der Waals surface area contributed by atoms with Gasteiger partial charge in [0.2, 0.25) is 11.8 Å². The van der Waals surface area contributed by atoms with Crippen molar-refractivity contribution in [2.24, 2.45) is 5.92 Å². The molecule has 1 saturated heterocycles. The van der Waals surface area contributed by atoms with Crippen LogP contribution < -0.4 is 10.2 Å². The summed E-state index contributed by atoms with van der Waals surface area (Å²) in [5.74, 6) is -1.69. The summed E-state index contributed by atoms with van der Waals surface area (Å²) in [6.45, 7) is 3.35. The van der Waals surface area contributed by atoms with E-state index in [0.717, 1.165) is 0 Å². The third-order valence-electron chi connectivity index (χ3n) is 3.57. The summed E-state index contributed by atoms with van der Waals surface area (Å²) in [5.41, 5.74) is -0.372. The van der Waals surface area contributed by atoms with Crippen molar-refractivity contribution in [3.05, 3.63) is 29.0 Å². The lowest BCUT2D eigenvalue weighted by molar-refractivity contribution is -0.128. The Balaban J connectivity index is 2.10. The van der Waals surface area contributed by atoms with Gasteiger partial charge in [0, 0.05) is 18.7 Å². The molecule has 0 spiro atoms. The van der Waals surface area contributed by atoms with Crippen LogP contribution in [0.1, 0.15) is 20.3 Å². The average Bonchev–Trinajstić information content (AvgIpc) is 2.84. The minimum absolute atomic E-state index is 0.0191. The quantitative estimate of drug-likeness (QED) is 0.884. The maximum Gasteiger partial charge on any atom is 0.227 e. The van der Waals surface area contributed by atoms with Gasteiger partial charge < -0.3 is 15.3 Å². The second-order valence-corrected chi connectivity index (χ2v) is 6.44. The van der Waals surface area contributed by atoms with Crippen LogP contribution in [0.4, 0.5) is 10.1 Å². The molecule has 1 atom stereocenters. The lowest BCUT2D eigenvalue weighted by atomic mass is 10.0. The van der Waals surface area contributed by atoms with Gasteiger partial charge in [-0.3, -0.25) is 9.59 Å². The topological polar surface area (TPSA) is 69.6 Å². The first kappa shape index (κ1) is 16.7. The smallest absolute Gasteiger partial charge is 0.227 e. The molecule has 1 aliphatic rings. The standard InChI is InChI=1S/C15H18ClFN2O3/c1-15(2,8-20)18-14(22)9-5-13(21)19(7-9)10-3-4-11(16)12(17)6-10/h3-4,6,9,20H,5,7-8H2,1-2H3,(H,18,22). The maximum absolute atomic E-state index is 13.5. The van der Waals surface area contributed by atoms with E-state index in [1.54, 1.807) is 19.9 Å². The van der Waals surface area contributed by atoms with Crippen molar-refractivity contribution in [3.8, 4) is 0 Å². The molecule has 7 heteroatoms. The van der Waals surface area contributed by atoms with Gasteiger partial charge in [0.1, 0.15) is 5.82 Å². The van der Waals surface area contributed by atoms with Crippen molar-refractivity contribution in [2.45, 2.75) is 25.8 Å². The Kier molecular flexibility index (Phi) is 4.72. The van der Waals surface area contributed by atoms with E-state index in [1.165, 1.54) is 17.0 Å². The predicted octanol–water partition coefficient (Wildman–Crippen LogP) is 1.72. The van der Waals surface area contributed by atoms with Gasteiger partial charge in [-0.25, -0.2) is 4.39 Å². The maximum atomic E-state index is 13.5. The van der Waals surface area contributed by atoms with Gasteiger partial charge in [-0.2, -0.15) is 0 Å². The summed E-state index contributed by atoms with van der Waals surface area (Å²) in [7, 11) is 0. The molecule has 0 bridgehead atoms. The fraction of sp³-hybridized carbons (Fsp3) is 0.467. The Hall–Kier alpha value is -1.66. The minimum atomic E-state index is -0.750. The van der Waals surface area contributed by atoms with Crippen LogP contribution in [-0.2, 0) is 9.59 Å². The summed E-state index contributed by atoms with van der Waals surface area (Å²) < 4.78 is 13.5. The number of hydrogen-bond donors (Lipinski definition) is 2. The van der Waals surface area contributed by atoms with Crippen molar-refractivity contribution in [1.29, 1.82) is 0 Å². The number of amides is 2. The fourth-order valence-corrected chi connectivity index (χ4v) is 2.38. The van der Waals surface area contributed by atoms with Crippen LogP contribution in [0.15, 0.2) is 18.2 Å². The number of aliphatic hydroxyl groups is 1. The number of carbonyl (C=O) groups excluding carboxylic acids is 2. The van der Waals surface area contributed by atoms with Gasteiger partial charge in [0.25, 0.3) is 0 Å². The Bertz CT molecular complexity index is 606. The molecule has 2 rings (SSSR count). The molecule has 0 saturated carbocycles. The molecule has 1 aliphatic heterocycles. The molecule has 22 heavy (non-hydrogen) atoms. The van der Waals surface area contributed by atoms with Crippen LogP contribution in [0.5, 0.6) is 0 Å². The van der Waals surface area contributed by atoms with E-state index >= 15 is 0 Å². The Labute approximate surface area is 133 Å². The van der Waals surface area contributed by atoms with Crippen LogP contribution in [0.3, 0.4) is 0 Å². The van der Waals surface area contributed by atoms with Gasteiger partial charge in [-0.1, -0.05) is 11.6 Å². The average molecular weight is 329 g/mol.